The van der Waals surface area contributed by atoms with Crippen LogP contribution in [0.5, 0.6) is 5.75 Å². The topological polar surface area (TPSA) is 46.6 Å². The standard InChI is InChI=1S/C21H20BrNO3/c22-16-5-3-4-14(10-16)20(24)13-26-18-8-9-19-15(11-18)12-23(21(19)25)17-6-1-2-7-17/h3-5,8-11,17H,1-2,6-7,12-13H2. The second-order valence-electron chi connectivity index (χ2n) is 6.91. The van der Waals surface area contributed by atoms with Gasteiger partial charge in [0.15, 0.2) is 12.4 Å². The molecule has 2 aromatic carbocycles. The first kappa shape index (κ1) is 17.3. The van der Waals surface area contributed by atoms with Gasteiger partial charge in [-0.1, -0.05) is 40.9 Å². The first-order valence-electron chi connectivity index (χ1n) is 8.97. The number of carbonyl (C=O) groups excluding carboxylic acids is 2. The Bertz CT molecular complexity index is 858. The maximum atomic E-state index is 12.6. The van der Waals surface area contributed by atoms with E-state index >= 15 is 0 Å². The highest BCUT2D eigenvalue weighted by Gasteiger charge is 2.34. The van der Waals surface area contributed by atoms with Crippen molar-refractivity contribution in [1.29, 1.82) is 0 Å². The van der Waals surface area contributed by atoms with Crippen molar-refractivity contribution in [2.24, 2.45) is 0 Å². The van der Waals surface area contributed by atoms with E-state index in [0.29, 0.717) is 23.9 Å². The summed E-state index contributed by atoms with van der Waals surface area (Å²) < 4.78 is 6.56. The normalized spacial score (nSPS) is 16.8. The predicted molar refractivity (Wildman–Crippen MR) is 103 cm³/mol. The molecule has 0 spiro atoms. The Labute approximate surface area is 161 Å². The molecule has 4 rings (SSSR count). The monoisotopic (exact) mass is 413 g/mol. The van der Waals surface area contributed by atoms with Gasteiger partial charge in [-0.15, -0.1) is 0 Å². The highest BCUT2D eigenvalue weighted by Crippen LogP contribution is 2.33. The average molecular weight is 414 g/mol. The molecule has 0 aromatic heterocycles. The summed E-state index contributed by atoms with van der Waals surface area (Å²) in [6.07, 6.45) is 4.61. The average Bonchev–Trinajstić information content (AvgIpc) is 3.28. The fourth-order valence-electron chi connectivity index (χ4n) is 3.81. The number of ketones is 1. The van der Waals surface area contributed by atoms with Gasteiger partial charge in [0.25, 0.3) is 5.91 Å². The van der Waals surface area contributed by atoms with Crippen molar-refractivity contribution in [3.8, 4) is 5.75 Å². The van der Waals surface area contributed by atoms with Crippen molar-refractivity contribution < 1.29 is 14.3 Å². The number of halogens is 1. The van der Waals surface area contributed by atoms with Crippen molar-refractivity contribution in [2.75, 3.05) is 6.61 Å². The molecule has 2 aliphatic rings. The first-order chi connectivity index (χ1) is 12.6. The fraction of sp³-hybridized carbons (Fsp3) is 0.333. The van der Waals surface area contributed by atoms with Gasteiger partial charge in [0, 0.05) is 28.2 Å². The molecule has 1 amide bonds. The Hall–Kier alpha value is -2.14. The molecule has 1 heterocycles. The number of hydrogen-bond donors (Lipinski definition) is 0. The summed E-state index contributed by atoms with van der Waals surface area (Å²) >= 11 is 3.37. The van der Waals surface area contributed by atoms with Crippen LogP contribution in [0, 0.1) is 0 Å². The van der Waals surface area contributed by atoms with E-state index in [-0.39, 0.29) is 18.3 Å². The Kier molecular flexibility index (Phi) is 4.81. The molecule has 134 valence electrons. The molecule has 1 aliphatic carbocycles. The number of benzene rings is 2. The van der Waals surface area contributed by atoms with Gasteiger partial charge in [0.1, 0.15) is 5.75 Å². The number of ether oxygens (including phenoxy) is 1. The molecule has 0 N–H and O–H groups in total. The van der Waals surface area contributed by atoms with E-state index in [0.717, 1.165) is 28.4 Å². The van der Waals surface area contributed by atoms with Crippen molar-refractivity contribution in [1.82, 2.24) is 4.90 Å². The zero-order valence-electron chi connectivity index (χ0n) is 14.4. The third kappa shape index (κ3) is 3.40. The van der Waals surface area contributed by atoms with E-state index in [4.69, 9.17) is 4.74 Å². The van der Waals surface area contributed by atoms with Gasteiger partial charge in [0.05, 0.1) is 0 Å². The summed E-state index contributed by atoms with van der Waals surface area (Å²) in [7, 11) is 0. The van der Waals surface area contributed by atoms with E-state index in [1.54, 1.807) is 18.2 Å². The molecular formula is C21H20BrNO3. The minimum absolute atomic E-state index is 0.0183. The Morgan fingerprint density at radius 1 is 1.15 bits per heavy atom. The third-order valence-electron chi connectivity index (χ3n) is 5.19. The lowest BCUT2D eigenvalue weighted by Gasteiger charge is -2.23. The van der Waals surface area contributed by atoms with Gasteiger partial charge >= 0.3 is 0 Å². The van der Waals surface area contributed by atoms with Gasteiger partial charge in [-0.2, -0.15) is 0 Å². The quantitative estimate of drug-likeness (QED) is 0.672. The molecular weight excluding hydrogens is 394 g/mol. The van der Waals surface area contributed by atoms with Crippen LogP contribution in [0.2, 0.25) is 0 Å². The lowest BCUT2D eigenvalue weighted by molar-refractivity contribution is 0.0706. The Balaban J connectivity index is 1.43. The van der Waals surface area contributed by atoms with Crippen LogP contribution in [0.4, 0.5) is 0 Å². The Morgan fingerprint density at radius 2 is 1.96 bits per heavy atom. The number of fused-ring (bicyclic) bond motifs is 1. The molecule has 1 aliphatic heterocycles. The van der Waals surface area contributed by atoms with Crippen LogP contribution < -0.4 is 4.74 Å². The van der Waals surface area contributed by atoms with Gasteiger partial charge in [0.2, 0.25) is 0 Å². The smallest absolute Gasteiger partial charge is 0.254 e. The summed E-state index contributed by atoms with van der Waals surface area (Å²) in [5.74, 6) is 0.687. The number of Topliss-reactive ketones (excluding diaryl/α,β-unsaturated/α-hetero) is 1. The minimum Gasteiger partial charge on any atom is -0.485 e. The summed E-state index contributed by atoms with van der Waals surface area (Å²) in [6.45, 7) is 0.630. The second-order valence-corrected chi connectivity index (χ2v) is 7.83. The molecule has 0 bridgehead atoms. The van der Waals surface area contributed by atoms with Crippen LogP contribution in [0.15, 0.2) is 46.9 Å². The zero-order valence-corrected chi connectivity index (χ0v) is 16.0. The number of nitrogens with zero attached hydrogens (tertiary/aromatic N) is 1. The van der Waals surface area contributed by atoms with E-state index in [9.17, 15) is 9.59 Å². The summed E-state index contributed by atoms with van der Waals surface area (Å²) in [5, 5.41) is 0. The molecule has 2 aromatic rings. The number of amides is 1. The van der Waals surface area contributed by atoms with Gasteiger partial charge < -0.3 is 9.64 Å². The molecule has 0 saturated heterocycles. The molecule has 1 saturated carbocycles. The van der Waals surface area contributed by atoms with Crippen molar-refractivity contribution in [3.05, 3.63) is 63.6 Å². The second kappa shape index (κ2) is 7.23. The van der Waals surface area contributed by atoms with E-state index < -0.39 is 0 Å². The first-order valence-corrected chi connectivity index (χ1v) is 9.76. The molecule has 5 heteroatoms. The number of rotatable bonds is 5. The van der Waals surface area contributed by atoms with Crippen molar-refractivity contribution in [3.63, 3.8) is 0 Å². The molecule has 4 nitrogen and oxygen atoms in total. The molecule has 0 atom stereocenters. The van der Waals surface area contributed by atoms with Gasteiger partial charge in [-0.25, -0.2) is 0 Å². The minimum atomic E-state index is -0.0737. The number of hydrogen-bond acceptors (Lipinski definition) is 3. The maximum absolute atomic E-state index is 12.6. The summed E-state index contributed by atoms with van der Waals surface area (Å²) in [4.78, 5) is 26.9. The largest absolute Gasteiger partial charge is 0.485 e. The maximum Gasteiger partial charge on any atom is 0.254 e. The summed E-state index contributed by atoms with van der Waals surface area (Å²) in [6, 6.07) is 13.1. The Morgan fingerprint density at radius 3 is 2.73 bits per heavy atom. The van der Waals surface area contributed by atoms with Crippen molar-refractivity contribution >= 4 is 27.6 Å². The van der Waals surface area contributed by atoms with Crippen LogP contribution in [0.25, 0.3) is 0 Å². The van der Waals surface area contributed by atoms with Gasteiger partial charge in [-0.05, 0) is 48.7 Å². The van der Waals surface area contributed by atoms with Crippen LogP contribution in [-0.2, 0) is 6.54 Å². The highest BCUT2D eigenvalue weighted by molar-refractivity contribution is 9.10. The highest BCUT2D eigenvalue weighted by atomic mass is 79.9. The zero-order chi connectivity index (χ0) is 18.1. The predicted octanol–water partition coefficient (Wildman–Crippen LogP) is 4.61. The van der Waals surface area contributed by atoms with E-state index in [2.05, 4.69) is 15.9 Å². The van der Waals surface area contributed by atoms with Gasteiger partial charge in [-0.3, -0.25) is 9.59 Å². The van der Waals surface area contributed by atoms with Crippen LogP contribution in [0.3, 0.4) is 0 Å². The van der Waals surface area contributed by atoms with Crippen LogP contribution in [0.1, 0.15) is 52.0 Å². The van der Waals surface area contributed by atoms with Crippen molar-refractivity contribution in [2.45, 2.75) is 38.3 Å². The molecule has 26 heavy (non-hydrogen) atoms. The summed E-state index contributed by atoms with van der Waals surface area (Å²) in [5.41, 5.74) is 2.37. The third-order valence-corrected chi connectivity index (χ3v) is 5.68. The fourth-order valence-corrected chi connectivity index (χ4v) is 4.21. The van der Waals surface area contributed by atoms with E-state index in [1.807, 2.05) is 29.2 Å². The molecule has 0 radical (unpaired) electrons. The molecule has 0 unspecified atom stereocenters. The molecule has 1 fully saturated rings. The van der Waals surface area contributed by atoms with E-state index in [1.165, 1.54) is 12.8 Å². The number of carbonyl (C=O) groups is 2. The SMILES string of the molecule is O=C(COc1ccc2c(c1)CN(C1CCCC1)C2=O)c1cccc(Br)c1. The van der Waals surface area contributed by atoms with Crippen LogP contribution in [-0.4, -0.2) is 29.2 Å². The van der Waals surface area contributed by atoms with Crippen LogP contribution >= 0.6 is 15.9 Å². The lowest BCUT2D eigenvalue weighted by atomic mass is 10.1. The lowest BCUT2D eigenvalue weighted by Crippen LogP contribution is -2.33.